The number of carbonyl (C=O) groups is 2. The molecule has 1 aromatic heterocycles. The average molecular weight is 410 g/mol. The molecular formula is C15H23AlFN7O4. The lowest BCUT2D eigenvalue weighted by Gasteiger charge is -2.31. The molecule has 0 N–H and O–H groups in total. The topological polar surface area (TPSA) is 114 Å². The lowest BCUT2D eigenvalue weighted by Crippen LogP contribution is -2.43. The van der Waals surface area contributed by atoms with Gasteiger partial charge in [0.1, 0.15) is 0 Å². The summed E-state index contributed by atoms with van der Waals surface area (Å²) in [6, 6.07) is -0.449. The third kappa shape index (κ3) is 5.62. The molecule has 11 nitrogen and oxygen atoms in total. The Labute approximate surface area is 167 Å². The van der Waals surface area contributed by atoms with E-state index in [1.54, 1.807) is 6.92 Å². The van der Waals surface area contributed by atoms with Gasteiger partial charge in [-0.3, -0.25) is 19.4 Å². The van der Waals surface area contributed by atoms with Crippen LogP contribution in [0.1, 0.15) is 24.6 Å². The zero-order chi connectivity index (χ0) is 20.1. The molecule has 3 atom stereocenters. The molecule has 2 fully saturated rings. The maximum absolute atomic E-state index is 13.9. The number of likely N-dealkylation sites (N-methyl/N-ethyl adjacent to an activating group) is 1. The molecule has 1 aromatic rings. The van der Waals surface area contributed by atoms with E-state index in [1.165, 1.54) is 0 Å². The Kier molecular flexibility index (Phi) is 7.20. The number of aryl methyl sites for hydroxylation is 1. The minimum Gasteiger partial charge on any atom is -0.558 e. The van der Waals surface area contributed by atoms with E-state index in [-0.39, 0.29) is 13.1 Å². The van der Waals surface area contributed by atoms with E-state index in [0.29, 0.717) is 37.8 Å². The number of aromatic nitrogens is 4. The molecule has 0 aliphatic carbocycles. The summed E-state index contributed by atoms with van der Waals surface area (Å²) in [6.07, 6.45) is 0. The van der Waals surface area contributed by atoms with Crippen molar-refractivity contribution in [3.8, 4) is 0 Å². The summed E-state index contributed by atoms with van der Waals surface area (Å²) in [5, 5.41) is 16.2. The molecule has 2 bridgehead atoms. The Balaban J connectivity index is 1.96. The minimum atomic E-state index is -3.86. The number of hydrogen-bond donors (Lipinski definition) is 0. The molecule has 0 radical (unpaired) electrons. The van der Waals surface area contributed by atoms with Crippen molar-refractivity contribution in [3.05, 3.63) is 11.6 Å². The minimum absolute atomic E-state index is 0.112. The molecule has 0 amide bonds. The molecule has 0 spiro atoms. The van der Waals surface area contributed by atoms with Crippen LogP contribution >= 0.6 is 0 Å². The molecule has 0 aromatic carbocycles. The van der Waals surface area contributed by atoms with Gasteiger partial charge in [-0.1, -0.05) is 6.92 Å². The molecular weight excluding hydrogens is 387 g/mol. The second-order valence-corrected chi connectivity index (χ2v) is 7.74. The van der Waals surface area contributed by atoms with E-state index in [9.17, 15) is 13.1 Å². The summed E-state index contributed by atoms with van der Waals surface area (Å²) in [5.74, 6) is -0.752. The van der Waals surface area contributed by atoms with Gasteiger partial charge in [0.25, 0.3) is 11.9 Å². The van der Waals surface area contributed by atoms with Gasteiger partial charge in [0, 0.05) is 32.7 Å². The van der Waals surface area contributed by atoms with Gasteiger partial charge in [0.15, 0.2) is 11.6 Å². The van der Waals surface area contributed by atoms with Gasteiger partial charge in [-0.05, 0) is 13.5 Å². The fourth-order valence-electron chi connectivity index (χ4n) is 3.24. The zero-order valence-corrected chi connectivity index (χ0v) is 17.1. The summed E-state index contributed by atoms with van der Waals surface area (Å²) in [5.41, 5.74) is 0. The van der Waals surface area contributed by atoms with Crippen molar-refractivity contribution in [2.45, 2.75) is 19.9 Å². The number of halogens is 1. The Morgan fingerprint density at radius 1 is 1.04 bits per heavy atom. The summed E-state index contributed by atoms with van der Waals surface area (Å²) in [4.78, 5) is 30.2. The van der Waals surface area contributed by atoms with E-state index >= 15 is 0 Å². The van der Waals surface area contributed by atoms with E-state index in [0.717, 1.165) is 13.1 Å². The first-order valence-corrected chi connectivity index (χ1v) is 10.6. The van der Waals surface area contributed by atoms with Crippen LogP contribution in [0.3, 0.4) is 0 Å². The zero-order valence-electron chi connectivity index (χ0n) is 16.0. The maximum atomic E-state index is 13.9. The standard InChI is InChI=1S/C15H25N7O4.Al.FH/c1-3-20-4-5-21(9-13(23)24)8-12(15-18-16-11(2)17-19-15)22(7-6-20)10-14(25)26;;/h12H,3-10H2,1-2H3,(H,23,24)(H,25,26);;1H/q;+3;/p-3/i;;1-1. The Bertz CT molecular complexity index is 697. The molecule has 3 rings (SSSR count). The van der Waals surface area contributed by atoms with Crippen molar-refractivity contribution in [1.82, 2.24) is 35.1 Å². The average Bonchev–Trinajstić information content (AvgIpc) is 2.70. The highest BCUT2D eigenvalue weighted by molar-refractivity contribution is 6.41. The number of rotatable bonds is 2. The van der Waals surface area contributed by atoms with E-state index in [2.05, 4.69) is 29.1 Å². The Morgan fingerprint density at radius 2 is 1.68 bits per heavy atom. The smallest absolute Gasteiger partial charge is 0.558 e. The molecule has 2 aliphatic rings. The Hall–Kier alpha value is -1.78. The predicted octanol–water partition coefficient (Wildman–Crippen LogP) is -1.39. The van der Waals surface area contributed by atoms with Crippen molar-refractivity contribution in [3.63, 3.8) is 0 Å². The highest BCUT2D eigenvalue weighted by Gasteiger charge is 2.43. The van der Waals surface area contributed by atoms with Crippen LogP contribution in [0.2, 0.25) is 0 Å². The summed E-state index contributed by atoms with van der Waals surface area (Å²) >= 11 is -3.86. The normalized spacial score (nSPS) is 27.8. The number of nitrogens with zero attached hydrogens (tertiary/aromatic N) is 7. The molecule has 2 saturated heterocycles. The number of hydrogen-bond acceptors (Lipinski definition) is 11. The first kappa shape index (κ1) is 20.9. The number of fused-ring (bicyclic) bond motifs is 3. The molecule has 152 valence electrons. The first-order chi connectivity index (χ1) is 13.4. The highest BCUT2D eigenvalue weighted by Crippen LogP contribution is 2.20. The van der Waals surface area contributed by atoms with Crippen molar-refractivity contribution in [1.29, 1.82) is 0 Å². The van der Waals surface area contributed by atoms with Crippen LogP contribution in [0.15, 0.2) is 0 Å². The van der Waals surface area contributed by atoms with Gasteiger partial charge in [-0.2, -0.15) is 0 Å². The summed E-state index contributed by atoms with van der Waals surface area (Å²) in [7, 11) is 0. The predicted molar refractivity (Wildman–Crippen MR) is 94.3 cm³/mol. The lowest BCUT2D eigenvalue weighted by atomic mass is 10.2. The first-order valence-electron chi connectivity index (χ1n) is 9.20. The van der Waals surface area contributed by atoms with Crippen molar-refractivity contribution < 1.29 is 20.7 Å². The second kappa shape index (κ2) is 9.62. The van der Waals surface area contributed by atoms with Crippen LogP contribution < -0.4 is 0 Å². The van der Waals surface area contributed by atoms with Gasteiger partial charge in [-0.15, -0.1) is 20.4 Å². The van der Waals surface area contributed by atoms with Crippen molar-refractivity contribution >= 4 is 27.2 Å². The molecule has 2 aliphatic heterocycles. The molecule has 3 unspecified atom stereocenters. The molecule has 28 heavy (non-hydrogen) atoms. The van der Waals surface area contributed by atoms with Gasteiger partial charge in [0.2, 0.25) is 0 Å². The fraction of sp³-hybridized carbons (Fsp3) is 0.733. The largest absolute Gasteiger partial charge is 1.15 e. The molecule has 13 heteroatoms. The monoisotopic (exact) mass is 410 g/mol. The van der Waals surface area contributed by atoms with E-state index in [1.807, 2.05) is 16.7 Å². The second-order valence-electron chi connectivity index (χ2n) is 6.72. The lowest BCUT2D eigenvalue weighted by molar-refractivity contribution is -0.142. The van der Waals surface area contributed by atoms with E-state index < -0.39 is 33.3 Å². The van der Waals surface area contributed by atoms with Crippen molar-refractivity contribution in [2.75, 3.05) is 52.4 Å². The van der Waals surface area contributed by atoms with Crippen LogP contribution in [0.4, 0.5) is 3.52 Å². The number of carbonyl (C=O) groups excluding carboxylic acids is 2. The quantitative estimate of drug-likeness (QED) is 0.537. The fourth-order valence-corrected chi connectivity index (χ4v) is 3.85. The van der Waals surface area contributed by atoms with Crippen LogP contribution in [0.25, 0.3) is 0 Å². The highest BCUT2D eigenvalue weighted by atomic mass is 27.3. The van der Waals surface area contributed by atoms with Crippen LogP contribution in [0, 0.1) is 6.92 Å². The SMILES string of the molecule is CCN1CCN2CC(=O)[O][Al]([18F])[O]C(=O)CN(CC1)C(c1nnc(C)nn1)C2. The van der Waals surface area contributed by atoms with Gasteiger partial charge in [-0.25, -0.2) is 0 Å². The summed E-state index contributed by atoms with van der Waals surface area (Å²) in [6.45, 7) is 7.15. The Morgan fingerprint density at radius 3 is 2.36 bits per heavy atom. The van der Waals surface area contributed by atoms with Crippen LogP contribution in [-0.4, -0.2) is 115 Å². The summed E-state index contributed by atoms with van der Waals surface area (Å²) < 4.78 is 23.3. The third-order valence-electron chi connectivity index (χ3n) is 4.78. The molecule has 3 heterocycles. The van der Waals surface area contributed by atoms with Gasteiger partial charge >= 0.3 is 15.3 Å². The van der Waals surface area contributed by atoms with Crippen LogP contribution in [-0.2, 0) is 17.2 Å². The van der Waals surface area contributed by atoms with E-state index in [4.69, 9.17) is 3.79 Å². The van der Waals surface area contributed by atoms with Crippen LogP contribution in [0.5, 0.6) is 0 Å². The van der Waals surface area contributed by atoms with Crippen molar-refractivity contribution in [2.24, 2.45) is 0 Å². The third-order valence-corrected chi connectivity index (χ3v) is 5.68. The molecule has 0 saturated carbocycles. The van der Waals surface area contributed by atoms with Gasteiger partial charge in [0.05, 0.1) is 19.1 Å². The van der Waals surface area contributed by atoms with Gasteiger partial charge < -0.3 is 16.0 Å². The maximum Gasteiger partial charge on any atom is 1.15 e.